The Kier molecular flexibility index (Phi) is 7.20. The van der Waals surface area contributed by atoms with Gasteiger partial charge in [-0.2, -0.15) is 0 Å². The maximum Gasteiger partial charge on any atom is 0.277 e. The Bertz CT molecular complexity index is 698. The van der Waals surface area contributed by atoms with Crippen LogP contribution in [0.2, 0.25) is 0 Å². The van der Waals surface area contributed by atoms with Crippen molar-refractivity contribution in [1.82, 2.24) is 15.5 Å². The van der Waals surface area contributed by atoms with Crippen LogP contribution >= 0.6 is 11.8 Å². The fourth-order valence-corrected chi connectivity index (χ4v) is 2.55. The summed E-state index contributed by atoms with van der Waals surface area (Å²) in [5.41, 5.74) is 0. The highest BCUT2D eigenvalue weighted by Gasteiger charge is 2.21. The van der Waals surface area contributed by atoms with Crippen LogP contribution in [0.4, 0.5) is 4.39 Å². The fraction of sp³-hybridized carbons (Fsp3) is 0.438. The Morgan fingerprint density at radius 1 is 1.36 bits per heavy atom. The van der Waals surface area contributed by atoms with Crippen molar-refractivity contribution in [3.05, 3.63) is 36.0 Å². The van der Waals surface area contributed by atoms with Crippen LogP contribution in [0.15, 0.2) is 33.9 Å². The van der Waals surface area contributed by atoms with Gasteiger partial charge in [-0.05, 0) is 26.0 Å². The third kappa shape index (κ3) is 5.71. The minimum atomic E-state index is -0.621. The fourth-order valence-electron chi connectivity index (χ4n) is 1.84. The van der Waals surface area contributed by atoms with Gasteiger partial charge in [0.2, 0.25) is 5.91 Å². The van der Waals surface area contributed by atoms with Crippen molar-refractivity contribution in [2.75, 3.05) is 20.3 Å². The Hall–Kier alpha value is -2.13. The molecule has 0 aliphatic heterocycles. The molecule has 0 bridgehead atoms. The number of benzene rings is 1. The van der Waals surface area contributed by atoms with Gasteiger partial charge in [-0.15, -0.1) is 10.2 Å². The smallest absolute Gasteiger partial charge is 0.277 e. The molecule has 0 spiro atoms. The highest BCUT2D eigenvalue weighted by molar-refractivity contribution is 8.00. The standard InChI is InChI=1S/C16H20FN3O4S/c1-10(23-13-7-5-4-6-12(13)17)15-19-20-16(24-15)25-11(2)14(21)18-8-9-22-3/h4-7,10-11H,8-9H2,1-3H3,(H,18,21)/t10-,11-/m0/s1. The lowest BCUT2D eigenvalue weighted by atomic mass is 10.3. The minimum absolute atomic E-state index is 0.105. The number of hydrogen-bond donors (Lipinski definition) is 1. The van der Waals surface area contributed by atoms with E-state index in [0.717, 1.165) is 11.8 Å². The number of ether oxygens (including phenoxy) is 2. The minimum Gasteiger partial charge on any atom is -0.478 e. The van der Waals surface area contributed by atoms with E-state index in [1.165, 1.54) is 12.1 Å². The molecule has 2 atom stereocenters. The van der Waals surface area contributed by atoms with E-state index in [1.54, 1.807) is 33.1 Å². The van der Waals surface area contributed by atoms with E-state index in [9.17, 15) is 9.18 Å². The molecule has 0 fully saturated rings. The van der Waals surface area contributed by atoms with E-state index in [1.807, 2.05) is 0 Å². The molecule has 0 aliphatic rings. The predicted octanol–water partition coefficient (Wildman–Crippen LogP) is 2.59. The molecule has 0 saturated heterocycles. The molecule has 0 saturated carbocycles. The first-order valence-electron chi connectivity index (χ1n) is 7.69. The molecule has 1 aromatic carbocycles. The van der Waals surface area contributed by atoms with Gasteiger partial charge in [0.1, 0.15) is 0 Å². The monoisotopic (exact) mass is 369 g/mol. The number of methoxy groups -OCH3 is 1. The van der Waals surface area contributed by atoms with Gasteiger partial charge in [0.05, 0.1) is 11.9 Å². The summed E-state index contributed by atoms with van der Waals surface area (Å²) in [4.78, 5) is 11.9. The lowest BCUT2D eigenvalue weighted by Gasteiger charge is -2.11. The molecule has 1 amide bonds. The lowest BCUT2D eigenvalue weighted by molar-refractivity contribution is -0.120. The van der Waals surface area contributed by atoms with Gasteiger partial charge in [-0.25, -0.2) is 4.39 Å². The first-order chi connectivity index (χ1) is 12.0. The summed E-state index contributed by atoms with van der Waals surface area (Å²) in [6, 6.07) is 6.07. The van der Waals surface area contributed by atoms with E-state index in [4.69, 9.17) is 13.9 Å². The number of rotatable bonds is 9. The first kappa shape index (κ1) is 19.2. The zero-order valence-corrected chi connectivity index (χ0v) is 15.0. The van der Waals surface area contributed by atoms with Crippen LogP contribution < -0.4 is 10.1 Å². The summed E-state index contributed by atoms with van der Waals surface area (Å²) in [5, 5.41) is 10.3. The summed E-state index contributed by atoms with van der Waals surface area (Å²) < 4.78 is 29.5. The quantitative estimate of drug-likeness (QED) is 0.537. The summed E-state index contributed by atoms with van der Waals surface area (Å²) >= 11 is 1.13. The normalized spacial score (nSPS) is 13.3. The number of nitrogens with zero attached hydrogens (tertiary/aromatic N) is 2. The summed E-state index contributed by atoms with van der Waals surface area (Å²) in [6.45, 7) is 4.28. The molecular weight excluding hydrogens is 349 g/mol. The molecule has 0 unspecified atom stereocenters. The van der Waals surface area contributed by atoms with Crippen molar-refractivity contribution in [2.24, 2.45) is 0 Å². The van der Waals surface area contributed by atoms with Crippen molar-refractivity contribution in [3.63, 3.8) is 0 Å². The van der Waals surface area contributed by atoms with Crippen LogP contribution in [-0.2, 0) is 9.53 Å². The van der Waals surface area contributed by atoms with Crippen LogP contribution in [-0.4, -0.2) is 41.6 Å². The van der Waals surface area contributed by atoms with E-state index in [-0.39, 0.29) is 22.8 Å². The van der Waals surface area contributed by atoms with Crippen LogP contribution in [0.5, 0.6) is 5.75 Å². The van der Waals surface area contributed by atoms with Crippen molar-refractivity contribution in [2.45, 2.75) is 30.4 Å². The summed E-state index contributed by atoms with van der Waals surface area (Å²) in [6.07, 6.45) is -0.621. The van der Waals surface area contributed by atoms with Gasteiger partial charge < -0.3 is 19.2 Å². The second-order valence-electron chi connectivity index (χ2n) is 5.14. The average Bonchev–Trinajstić information content (AvgIpc) is 3.05. The van der Waals surface area contributed by atoms with Crippen molar-refractivity contribution in [3.8, 4) is 5.75 Å². The van der Waals surface area contributed by atoms with E-state index in [0.29, 0.717) is 13.2 Å². The van der Waals surface area contributed by atoms with Gasteiger partial charge in [0.15, 0.2) is 17.7 Å². The molecular formula is C16H20FN3O4S. The SMILES string of the molecule is COCCNC(=O)[C@H](C)Sc1nnc([C@H](C)Oc2ccccc2F)o1. The predicted molar refractivity (Wildman–Crippen MR) is 89.9 cm³/mol. The number of thioether (sulfide) groups is 1. The molecule has 0 radical (unpaired) electrons. The van der Waals surface area contributed by atoms with Crippen molar-refractivity contribution < 1.29 is 23.1 Å². The lowest BCUT2D eigenvalue weighted by Crippen LogP contribution is -2.33. The van der Waals surface area contributed by atoms with E-state index >= 15 is 0 Å². The van der Waals surface area contributed by atoms with E-state index < -0.39 is 17.2 Å². The van der Waals surface area contributed by atoms with Gasteiger partial charge in [-0.1, -0.05) is 23.9 Å². The number of nitrogens with one attached hydrogen (secondary N) is 1. The van der Waals surface area contributed by atoms with Gasteiger partial charge in [-0.3, -0.25) is 4.79 Å². The van der Waals surface area contributed by atoms with Crippen LogP contribution in [0, 0.1) is 5.82 Å². The largest absolute Gasteiger partial charge is 0.478 e. The van der Waals surface area contributed by atoms with Gasteiger partial charge in [0, 0.05) is 13.7 Å². The molecule has 2 aromatic rings. The molecule has 0 aliphatic carbocycles. The van der Waals surface area contributed by atoms with Gasteiger partial charge >= 0.3 is 0 Å². The third-order valence-corrected chi connectivity index (χ3v) is 4.10. The van der Waals surface area contributed by atoms with Crippen LogP contribution in [0.3, 0.4) is 0 Å². The maximum absolute atomic E-state index is 13.6. The highest BCUT2D eigenvalue weighted by Crippen LogP contribution is 2.27. The molecule has 7 nitrogen and oxygen atoms in total. The Morgan fingerprint density at radius 2 is 2.12 bits per heavy atom. The number of aromatic nitrogens is 2. The molecule has 9 heteroatoms. The molecule has 1 N–H and O–H groups in total. The summed E-state index contributed by atoms with van der Waals surface area (Å²) in [7, 11) is 1.56. The van der Waals surface area contributed by atoms with Crippen LogP contribution in [0.25, 0.3) is 0 Å². The molecule has 25 heavy (non-hydrogen) atoms. The topological polar surface area (TPSA) is 86.5 Å². The second-order valence-corrected chi connectivity index (χ2v) is 6.43. The molecule has 1 aromatic heterocycles. The Balaban J connectivity index is 1.90. The Morgan fingerprint density at radius 3 is 2.84 bits per heavy atom. The third-order valence-electron chi connectivity index (χ3n) is 3.16. The molecule has 136 valence electrons. The second kappa shape index (κ2) is 9.38. The zero-order valence-electron chi connectivity index (χ0n) is 14.2. The number of amides is 1. The number of para-hydroxylation sites is 1. The Labute approximate surface area is 149 Å². The van der Waals surface area contributed by atoms with Crippen molar-refractivity contribution >= 4 is 17.7 Å². The first-order valence-corrected chi connectivity index (χ1v) is 8.57. The number of carbonyl (C=O) groups excluding carboxylic acids is 1. The maximum atomic E-state index is 13.6. The number of hydrogen-bond acceptors (Lipinski definition) is 7. The highest BCUT2D eigenvalue weighted by atomic mass is 32.2. The molecule has 2 rings (SSSR count). The average molecular weight is 369 g/mol. The molecule has 1 heterocycles. The summed E-state index contributed by atoms with van der Waals surface area (Å²) in [5.74, 6) is -0.312. The zero-order chi connectivity index (χ0) is 18.2. The van der Waals surface area contributed by atoms with Crippen LogP contribution in [0.1, 0.15) is 25.8 Å². The number of carbonyl (C=O) groups is 1. The van der Waals surface area contributed by atoms with Gasteiger partial charge in [0.25, 0.3) is 11.1 Å². The number of halogens is 1. The van der Waals surface area contributed by atoms with E-state index in [2.05, 4.69) is 15.5 Å². The van der Waals surface area contributed by atoms with Crippen molar-refractivity contribution in [1.29, 1.82) is 0 Å².